The summed E-state index contributed by atoms with van der Waals surface area (Å²) < 4.78 is 12.2. The zero-order valence-electron chi connectivity index (χ0n) is 11.5. The Bertz CT molecular complexity index is 438. The van der Waals surface area contributed by atoms with Gasteiger partial charge in [0.1, 0.15) is 0 Å². The van der Waals surface area contributed by atoms with Gasteiger partial charge in [0.25, 0.3) is 0 Å². The summed E-state index contributed by atoms with van der Waals surface area (Å²) in [6, 6.07) is 0. The first-order chi connectivity index (χ1) is 8.41. The third-order valence-electron chi connectivity index (χ3n) is 4.58. The van der Waals surface area contributed by atoms with Crippen LogP contribution < -0.4 is 5.59 Å². The lowest BCUT2D eigenvalue weighted by Crippen LogP contribution is -2.41. The van der Waals surface area contributed by atoms with E-state index in [1.54, 1.807) is 11.3 Å². The molecule has 2 fully saturated rings. The molecule has 98 valence electrons. The van der Waals surface area contributed by atoms with Gasteiger partial charge >= 0.3 is 7.12 Å². The van der Waals surface area contributed by atoms with Crippen LogP contribution in [0.25, 0.3) is 0 Å². The average Bonchev–Trinajstić information content (AvgIpc) is 2.68. The predicted molar refractivity (Wildman–Crippen MR) is 74.4 cm³/mol. The molecule has 1 aliphatic heterocycles. The van der Waals surface area contributed by atoms with E-state index in [1.807, 2.05) is 5.51 Å². The molecule has 1 saturated heterocycles. The van der Waals surface area contributed by atoms with E-state index in [2.05, 4.69) is 32.7 Å². The quantitative estimate of drug-likeness (QED) is 0.770. The molecule has 0 aromatic carbocycles. The maximum absolute atomic E-state index is 6.09. The van der Waals surface area contributed by atoms with Gasteiger partial charge in [-0.05, 0) is 46.5 Å². The number of rotatable bonds is 2. The second-order valence-electron chi connectivity index (χ2n) is 6.32. The Hall–Kier alpha value is -0.385. The molecule has 2 aliphatic rings. The van der Waals surface area contributed by atoms with Crippen LogP contribution in [-0.4, -0.2) is 23.3 Å². The molecule has 1 saturated carbocycles. The first-order valence-electron chi connectivity index (χ1n) is 6.70. The van der Waals surface area contributed by atoms with Crippen molar-refractivity contribution >= 4 is 24.0 Å². The summed E-state index contributed by atoms with van der Waals surface area (Å²) >= 11 is 1.75. The first kappa shape index (κ1) is 12.6. The number of hydrogen-bond donors (Lipinski definition) is 0. The van der Waals surface area contributed by atoms with Gasteiger partial charge in [-0.25, -0.2) is 0 Å². The van der Waals surface area contributed by atoms with Crippen LogP contribution in [0.1, 0.15) is 57.8 Å². The Kier molecular flexibility index (Phi) is 2.85. The molecule has 1 aromatic rings. The van der Waals surface area contributed by atoms with Crippen molar-refractivity contribution in [3.8, 4) is 0 Å². The topological polar surface area (TPSA) is 31.4 Å². The van der Waals surface area contributed by atoms with Crippen molar-refractivity contribution < 1.29 is 9.31 Å². The molecule has 0 bridgehead atoms. The Morgan fingerprint density at radius 3 is 2.33 bits per heavy atom. The van der Waals surface area contributed by atoms with Crippen molar-refractivity contribution in [3.63, 3.8) is 0 Å². The van der Waals surface area contributed by atoms with E-state index < -0.39 is 0 Å². The van der Waals surface area contributed by atoms with Gasteiger partial charge in [-0.15, -0.1) is 11.3 Å². The molecule has 1 aromatic heterocycles. The van der Waals surface area contributed by atoms with E-state index in [0.29, 0.717) is 5.92 Å². The van der Waals surface area contributed by atoms with Crippen LogP contribution in [0.15, 0.2) is 5.51 Å². The van der Waals surface area contributed by atoms with Crippen LogP contribution >= 0.6 is 11.3 Å². The van der Waals surface area contributed by atoms with Gasteiger partial charge in [0, 0.05) is 4.88 Å². The molecule has 3 rings (SSSR count). The maximum Gasteiger partial charge on any atom is 0.515 e. The molecular weight excluding hydrogens is 245 g/mol. The fraction of sp³-hybridized carbons (Fsp3) is 0.769. The monoisotopic (exact) mass is 265 g/mol. The summed E-state index contributed by atoms with van der Waals surface area (Å²) in [7, 11) is -0.295. The average molecular weight is 265 g/mol. The summed E-state index contributed by atoms with van der Waals surface area (Å²) in [5.74, 6) is 0.687. The van der Waals surface area contributed by atoms with Crippen molar-refractivity contribution in [2.75, 3.05) is 0 Å². The van der Waals surface area contributed by atoms with Gasteiger partial charge in [0.15, 0.2) is 0 Å². The number of aromatic nitrogens is 1. The van der Waals surface area contributed by atoms with Crippen LogP contribution in [-0.2, 0) is 9.31 Å². The van der Waals surface area contributed by atoms with Crippen LogP contribution in [0.3, 0.4) is 0 Å². The Balaban J connectivity index is 1.86. The van der Waals surface area contributed by atoms with E-state index in [4.69, 9.17) is 9.31 Å². The Morgan fingerprint density at radius 2 is 1.83 bits per heavy atom. The van der Waals surface area contributed by atoms with Crippen molar-refractivity contribution in [3.05, 3.63) is 10.4 Å². The fourth-order valence-electron chi connectivity index (χ4n) is 2.37. The highest BCUT2D eigenvalue weighted by atomic mass is 32.1. The minimum absolute atomic E-state index is 0.280. The summed E-state index contributed by atoms with van der Waals surface area (Å²) in [5, 5.41) is 0. The van der Waals surface area contributed by atoms with Gasteiger partial charge in [0.05, 0.1) is 22.3 Å². The van der Waals surface area contributed by atoms with Crippen molar-refractivity contribution in [1.29, 1.82) is 0 Å². The lowest BCUT2D eigenvalue weighted by Gasteiger charge is -2.32. The normalized spacial score (nSPS) is 26.3. The molecule has 1 aliphatic carbocycles. The second kappa shape index (κ2) is 4.05. The van der Waals surface area contributed by atoms with Crippen LogP contribution in [0.4, 0.5) is 0 Å². The first-order valence-corrected chi connectivity index (χ1v) is 7.57. The zero-order valence-corrected chi connectivity index (χ0v) is 12.3. The summed E-state index contributed by atoms with van der Waals surface area (Å²) in [4.78, 5) is 5.88. The highest BCUT2D eigenvalue weighted by Gasteiger charge is 2.53. The molecule has 0 atom stereocenters. The van der Waals surface area contributed by atoms with Crippen molar-refractivity contribution in [1.82, 2.24) is 4.98 Å². The Labute approximate surface area is 113 Å². The molecule has 0 N–H and O–H groups in total. The number of hydrogen-bond acceptors (Lipinski definition) is 4. The molecule has 18 heavy (non-hydrogen) atoms. The van der Waals surface area contributed by atoms with Crippen LogP contribution in [0, 0.1) is 0 Å². The highest BCUT2D eigenvalue weighted by Crippen LogP contribution is 2.40. The smallest absolute Gasteiger partial charge is 0.398 e. The largest absolute Gasteiger partial charge is 0.515 e. The lowest BCUT2D eigenvalue weighted by molar-refractivity contribution is 0.00578. The summed E-state index contributed by atoms with van der Waals surface area (Å²) in [6.45, 7) is 8.34. The molecule has 5 heteroatoms. The van der Waals surface area contributed by atoms with E-state index in [9.17, 15) is 0 Å². The molecule has 0 radical (unpaired) electrons. The lowest BCUT2D eigenvalue weighted by atomic mass is 9.76. The minimum atomic E-state index is -0.295. The summed E-state index contributed by atoms with van der Waals surface area (Å²) in [5.41, 5.74) is 2.38. The third kappa shape index (κ3) is 1.84. The van der Waals surface area contributed by atoms with E-state index in [1.165, 1.54) is 24.1 Å². The third-order valence-corrected chi connectivity index (χ3v) is 5.58. The van der Waals surface area contributed by atoms with Gasteiger partial charge in [-0.3, -0.25) is 4.98 Å². The van der Waals surface area contributed by atoms with Gasteiger partial charge in [-0.1, -0.05) is 6.42 Å². The summed E-state index contributed by atoms with van der Waals surface area (Å²) in [6.07, 6.45) is 3.91. The SMILES string of the molecule is CC1(C)OB(c2ncsc2C2CCC2)OC1(C)C. The molecule has 0 unspecified atom stereocenters. The van der Waals surface area contributed by atoms with E-state index in [0.717, 1.165) is 5.59 Å². The maximum atomic E-state index is 6.09. The van der Waals surface area contributed by atoms with Crippen molar-refractivity contribution in [2.45, 2.75) is 64.1 Å². The molecular formula is C13H20BNO2S. The van der Waals surface area contributed by atoms with E-state index >= 15 is 0 Å². The molecule has 2 heterocycles. The molecule has 0 spiro atoms. The second-order valence-corrected chi connectivity index (χ2v) is 7.20. The predicted octanol–water partition coefficient (Wildman–Crippen LogP) is 2.71. The Morgan fingerprint density at radius 1 is 1.22 bits per heavy atom. The van der Waals surface area contributed by atoms with Crippen LogP contribution in [0.5, 0.6) is 0 Å². The van der Waals surface area contributed by atoms with Gasteiger partial charge in [0.2, 0.25) is 0 Å². The fourth-order valence-corrected chi connectivity index (χ4v) is 3.35. The van der Waals surface area contributed by atoms with Crippen LogP contribution in [0.2, 0.25) is 0 Å². The molecule has 0 amide bonds. The van der Waals surface area contributed by atoms with Gasteiger partial charge < -0.3 is 9.31 Å². The zero-order chi connectivity index (χ0) is 13.0. The highest BCUT2D eigenvalue weighted by molar-refractivity contribution is 7.11. The van der Waals surface area contributed by atoms with Crippen molar-refractivity contribution in [2.24, 2.45) is 0 Å². The minimum Gasteiger partial charge on any atom is -0.398 e. The molecule has 3 nitrogen and oxygen atoms in total. The van der Waals surface area contributed by atoms with Gasteiger partial charge in [-0.2, -0.15) is 0 Å². The number of nitrogens with zero attached hydrogens (tertiary/aromatic N) is 1. The standard InChI is InChI=1S/C13H20BNO2S/c1-12(2)13(3,4)17-14(16-12)11-10(18-8-15-11)9-6-5-7-9/h8-9H,5-7H2,1-4H3. The van der Waals surface area contributed by atoms with E-state index in [-0.39, 0.29) is 18.3 Å². The number of thiazole rings is 1.